The van der Waals surface area contributed by atoms with Crippen LogP contribution in [-0.2, 0) is 4.79 Å². The first-order valence-electron chi connectivity index (χ1n) is 11.3. The third-order valence-electron chi connectivity index (χ3n) is 6.11. The lowest BCUT2D eigenvalue weighted by atomic mass is 9.91. The van der Waals surface area contributed by atoms with E-state index in [2.05, 4.69) is 24.5 Å². The summed E-state index contributed by atoms with van der Waals surface area (Å²) in [6.07, 6.45) is 1.55. The molecule has 4 rings (SSSR count). The molecule has 0 saturated carbocycles. The zero-order valence-corrected chi connectivity index (χ0v) is 20.9. The van der Waals surface area contributed by atoms with Crippen molar-refractivity contribution in [2.75, 3.05) is 25.0 Å². The van der Waals surface area contributed by atoms with Crippen molar-refractivity contribution in [1.29, 1.82) is 0 Å². The van der Waals surface area contributed by atoms with Gasteiger partial charge in [0.2, 0.25) is 5.91 Å². The topological polar surface area (TPSA) is 83.4 Å². The molecule has 1 aliphatic heterocycles. The van der Waals surface area contributed by atoms with Gasteiger partial charge in [0.1, 0.15) is 5.82 Å². The largest absolute Gasteiger partial charge is 0.347 e. The number of hydrogen-bond acceptors (Lipinski definition) is 5. The lowest BCUT2D eigenvalue weighted by molar-refractivity contribution is -0.117. The summed E-state index contributed by atoms with van der Waals surface area (Å²) in [6.45, 7) is 5.40. The minimum Gasteiger partial charge on any atom is -0.347 e. The summed E-state index contributed by atoms with van der Waals surface area (Å²) in [5, 5.41) is 5.70. The Morgan fingerprint density at radius 2 is 1.97 bits per heavy atom. The van der Waals surface area contributed by atoms with E-state index < -0.39 is 5.82 Å². The summed E-state index contributed by atoms with van der Waals surface area (Å²) in [7, 11) is 0. The molecule has 1 aromatic carbocycles. The molecule has 3 aromatic rings. The predicted molar refractivity (Wildman–Crippen MR) is 136 cm³/mol. The van der Waals surface area contributed by atoms with E-state index in [1.807, 2.05) is 4.90 Å². The molecule has 1 saturated heterocycles. The van der Waals surface area contributed by atoms with E-state index in [0.29, 0.717) is 33.9 Å². The van der Waals surface area contributed by atoms with Gasteiger partial charge in [-0.2, -0.15) is 0 Å². The number of anilines is 1. The molecular weight excluding hydrogens is 491 g/mol. The molecular formula is C25H26ClFN4O3S. The van der Waals surface area contributed by atoms with Crippen LogP contribution in [-0.4, -0.2) is 47.0 Å². The summed E-state index contributed by atoms with van der Waals surface area (Å²) in [6, 6.07) is 12.2. The Hall–Kier alpha value is -3.01. The molecule has 7 nitrogen and oxygen atoms in total. The van der Waals surface area contributed by atoms with Crippen molar-refractivity contribution in [3.05, 3.63) is 80.1 Å². The Bertz CT molecular complexity index is 1290. The fourth-order valence-electron chi connectivity index (χ4n) is 4.34. The SMILES string of the molecule is CC(C)[C@H]1CN(CC(=O)Nc2ccc(-n3ccccc3=O)cc2F)C[C@@H]1NC(=O)c1ccc(Cl)s1. The Labute approximate surface area is 211 Å². The fourth-order valence-corrected chi connectivity index (χ4v) is 5.28. The molecule has 0 unspecified atom stereocenters. The second kappa shape index (κ2) is 10.7. The quantitative estimate of drug-likeness (QED) is 0.497. The molecule has 0 radical (unpaired) electrons. The number of likely N-dealkylation sites (tertiary alicyclic amines) is 1. The molecule has 1 aliphatic rings. The predicted octanol–water partition coefficient (Wildman–Crippen LogP) is 4.02. The molecule has 0 aliphatic carbocycles. The van der Waals surface area contributed by atoms with Crippen molar-refractivity contribution in [2.45, 2.75) is 19.9 Å². The van der Waals surface area contributed by atoms with Crippen molar-refractivity contribution >= 4 is 40.4 Å². The number of thiophene rings is 1. The van der Waals surface area contributed by atoms with Gasteiger partial charge in [-0.25, -0.2) is 4.39 Å². The van der Waals surface area contributed by atoms with Crippen LogP contribution in [0.1, 0.15) is 23.5 Å². The van der Waals surface area contributed by atoms with E-state index in [-0.39, 0.29) is 41.6 Å². The van der Waals surface area contributed by atoms with E-state index in [9.17, 15) is 18.8 Å². The molecule has 2 atom stereocenters. The summed E-state index contributed by atoms with van der Waals surface area (Å²) >= 11 is 7.17. The monoisotopic (exact) mass is 516 g/mol. The van der Waals surface area contributed by atoms with Gasteiger partial charge in [0.05, 0.1) is 27.1 Å². The van der Waals surface area contributed by atoms with E-state index in [4.69, 9.17) is 11.6 Å². The lowest BCUT2D eigenvalue weighted by Crippen LogP contribution is -2.42. The van der Waals surface area contributed by atoms with Crippen LogP contribution in [0.2, 0.25) is 4.34 Å². The maximum Gasteiger partial charge on any atom is 0.261 e. The molecule has 10 heteroatoms. The number of carbonyl (C=O) groups excluding carboxylic acids is 2. The number of pyridine rings is 1. The molecule has 1 fully saturated rings. The second-order valence-corrected chi connectivity index (χ2v) is 10.6. The van der Waals surface area contributed by atoms with E-state index >= 15 is 0 Å². The molecule has 2 aromatic heterocycles. The van der Waals surface area contributed by atoms with Gasteiger partial charge in [0.25, 0.3) is 11.5 Å². The smallest absolute Gasteiger partial charge is 0.261 e. The van der Waals surface area contributed by atoms with Gasteiger partial charge < -0.3 is 10.6 Å². The fraction of sp³-hybridized carbons (Fsp3) is 0.320. The Morgan fingerprint density at radius 3 is 2.63 bits per heavy atom. The van der Waals surface area contributed by atoms with Gasteiger partial charge in [0, 0.05) is 37.5 Å². The van der Waals surface area contributed by atoms with Crippen LogP contribution in [0.15, 0.2) is 59.5 Å². The number of amides is 2. The summed E-state index contributed by atoms with van der Waals surface area (Å²) in [4.78, 5) is 39.8. The van der Waals surface area contributed by atoms with Gasteiger partial charge in [-0.3, -0.25) is 23.9 Å². The number of aromatic nitrogens is 1. The van der Waals surface area contributed by atoms with Crippen molar-refractivity contribution in [3.63, 3.8) is 0 Å². The van der Waals surface area contributed by atoms with Crippen LogP contribution in [0.25, 0.3) is 5.69 Å². The maximum atomic E-state index is 14.7. The number of carbonyl (C=O) groups is 2. The molecule has 0 bridgehead atoms. The van der Waals surface area contributed by atoms with E-state index in [1.54, 1.807) is 36.5 Å². The lowest BCUT2D eigenvalue weighted by Gasteiger charge is -2.22. The Balaban J connectivity index is 1.38. The molecule has 184 valence electrons. The third kappa shape index (κ3) is 5.98. The van der Waals surface area contributed by atoms with Crippen LogP contribution in [0.4, 0.5) is 10.1 Å². The molecule has 3 heterocycles. The number of nitrogens with zero attached hydrogens (tertiary/aromatic N) is 2. The van der Waals surface area contributed by atoms with Crippen molar-refractivity contribution in [2.24, 2.45) is 11.8 Å². The molecule has 2 amide bonds. The third-order valence-corrected chi connectivity index (χ3v) is 7.34. The van der Waals surface area contributed by atoms with Gasteiger partial charge >= 0.3 is 0 Å². The highest BCUT2D eigenvalue weighted by Gasteiger charge is 2.36. The van der Waals surface area contributed by atoms with Gasteiger partial charge in [0.15, 0.2) is 0 Å². The minimum atomic E-state index is -0.632. The van der Waals surface area contributed by atoms with Gasteiger partial charge in [-0.15, -0.1) is 11.3 Å². The number of rotatable bonds is 7. The summed E-state index contributed by atoms with van der Waals surface area (Å²) in [5.74, 6) is -0.696. The highest BCUT2D eigenvalue weighted by molar-refractivity contribution is 7.18. The first-order chi connectivity index (χ1) is 16.7. The first-order valence-corrected chi connectivity index (χ1v) is 12.5. The number of halogens is 2. The van der Waals surface area contributed by atoms with E-state index in [0.717, 1.165) is 0 Å². The van der Waals surface area contributed by atoms with Gasteiger partial charge in [-0.05, 0) is 42.2 Å². The van der Waals surface area contributed by atoms with Crippen molar-refractivity contribution in [1.82, 2.24) is 14.8 Å². The number of benzene rings is 1. The van der Waals surface area contributed by atoms with Gasteiger partial charge in [-0.1, -0.05) is 31.5 Å². The molecule has 2 N–H and O–H groups in total. The molecule has 35 heavy (non-hydrogen) atoms. The van der Waals surface area contributed by atoms with Crippen LogP contribution < -0.4 is 16.2 Å². The van der Waals surface area contributed by atoms with E-state index in [1.165, 1.54) is 34.1 Å². The average Bonchev–Trinajstić information content (AvgIpc) is 3.41. The highest BCUT2D eigenvalue weighted by Crippen LogP contribution is 2.26. The normalized spacial score (nSPS) is 18.1. The van der Waals surface area contributed by atoms with Crippen LogP contribution >= 0.6 is 22.9 Å². The number of nitrogens with one attached hydrogen (secondary N) is 2. The standard InChI is InChI=1S/C25H26ClFN4O3S/c1-15(2)17-12-30(13-20(17)29-25(34)21-8-9-22(26)35-21)14-23(32)28-19-7-6-16(11-18(19)27)31-10-4-3-5-24(31)33/h3-11,15,17,20H,12-14H2,1-2H3,(H,28,32)(H,29,34)/t17-,20+/m1/s1. The molecule has 0 spiro atoms. The summed E-state index contributed by atoms with van der Waals surface area (Å²) in [5.41, 5.74) is 0.138. The zero-order chi connectivity index (χ0) is 25.1. The van der Waals surface area contributed by atoms with Crippen LogP contribution in [0.3, 0.4) is 0 Å². The Morgan fingerprint density at radius 1 is 1.17 bits per heavy atom. The maximum absolute atomic E-state index is 14.7. The number of hydrogen-bond donors (Lipinski definition) is 2. The zero-order valence-electron chi connectivity index (χ0n) is 19.3. The second-order valence-electron chi connectivity index (χ2n) is 8.91. The minimum absolute atomic E-state index is 0.0433. The Kier molecular flexibility index (Phi) is 7.69. The average molecular weight is 517 g/mol. The summed E-state index contributed by atoms with van der Waals surface area (Å²) < 4.78 is 16.6. The van der Waals surface area contributed by atoms with Crippen molar-refractivity contribution in [3.8, 4) is 5.69 Å². The van der Waals surface area contributed by atoms with Crippen LogP contribution in [0, 0.1) is 17.7 Å². The van der Waals surface area contributed by atoms with Crippen LogP contribution in [0.5, 0.6) is 0 Å². The highest BCUT2D eigenvalue weighted by atomic mass is 35.5. The van der Waals surface area contributed by atoms with Crippen molar-refractivity contribution < 1.29 is 14.0 Å². The first kappa shape index (κ1) is 25.1.